The summed E-state index contributed by atoms with van der Waals surface area (Å²) in [7, 11) is 0. The smallest absolute Gasteiger partial charge is 0.324 e. The third-order valence-corrected chi connectivity index (χ3v) is 4.77. The molecule has 0 bridgehead atoms. The van der Waals surface area contributed by atoms with Crippen LogP contribution in [0.3, 0.4) is 0 Å². The van der Waals surface area contributed by atoms with Gasteiger partial charge in [0.2, 0.25) is 0 Å². The molecule has 3 unspecified atom stereocenters. The lowest BCUT2D eigenvalue weighted by Crippen LogP contribution is -2.64. The van der Waals surface area contributed by atoms with E-state index in [4.69, 9.17) is 4.74 Å². The summed E-state index contributed by atoms with van der Waals surface area (Å²) < 4.78 is 5.34. The molecule has 17 heavy (non-hydrogen) atoms. The van der Waals surface area contributed by atoms with Crippen LogP contribution in [0.2, 0.25) is 0 Å². The zero-order valence-electron chi connectivity index (χ0n) is 10.8. The van der Waals surface area contributed by atoms with E-state index in [1.807, 2.05) is 0 Å². The third kappa shape index (κ3) is 2.08. The van der Waals surface area contributed by atoms with Gasteiger partial charge in [0.15, 0.2) is 0 Å². The van der Waals surface area contributed by atoms with Crippen LogP contribution in [0, 0.1) is 11.8 Å². The van der Waals surface area contributed by atoms with E-state index in [9.17, 15) is 9.90 Å². The zero-order chi connectivity index (χ0) is 12.5. The zero-order valence-corrected chi connectivity index (χ0v) is 10.8. The number of morpholine rings is 1. The number of carbonyl (C=O) groups is 1. The minimum absolute atomic E-state index is 0.215. The first-order valence-corrected chi connectivity index (χ1v) is 6.65. The largest absolute Gasteiger partial charge is 0.480 e. The topological polar surface area (TPSA) is 49.8 Å². The maximum absolute atomic E-state index is 11.8. The van der Waals surface area contributed by atoms with Crippen LogP contribution < -0.4 is 0 Å². The van der Waals surface area contributed by atoms with Gasteiger partial charge in [-0.3, -0.25) is 9.69 Å². The van der Waals surface area contributed by atoms with E-state index in [0.717, 1.165) is 32.4 Å². The number of aliphatic carboxylic acids is 1. The van der Waals surface area contributed by atoms with Crippen LogP contribution in [0.15, 0.2) is 0 Å². The molecule has 2 rings (SSSR count). The highest BCUT2D eigenvalue weighted by atomic mass is 16.5. The molecule has 98 valence electrons. The molecule has 1 aliphatic heterocycles. The number of nitrogens with zero attached hydrogens (tertiary/aromatic N) is 1. The van der Waals surface area contributed by atoms with Gasteiger partial charge in [-0.25, -0.2) is 0 Å². The van der Waals surface area contributed by atoms with Gasteiger partial charge in [0.25, 0.3) is 0 Å². The highest BCUT2D eigenvalue weighted by Crippen LogP contribution is 2.42. The number of carboxylic acid groups (broad SMARTS) is 1. The molecule has 4 nitrogen and oxygen atoms in total. The Kier molecular flexibility index (Phi) is 3.73. The SMILES string of the molecule is CC1CCCC(C(=O)O)(N2CCOCC2)C1C. The van der Waals surface area contributed by atoms with Gasteiger partial charge < -0.3 is 9.84 Å². The third-order valence-electron chi connectivity index (χ3n) is 4.77. The van der Waals surface area contributed by atoms with Crippen LogP contribution in [0.4, 0.5) is 0 Å². The van der Waals surface area contributed by atoms with Crippen molar-refractivity contribution >= 4 is 5.97 Å². The Bertz CT molecular complexity index is 288. The molecule has 0 aromatic rings. The summed E-state index contributed by atoms with van der Waals surface area (Å²) in [4.78, 5) is 14.0. The van der Waals surface area contributed by atoms with Gasteiger partial charge >= 0.3 is 5.97 Å². The number of hydrogen-bond acceptors (Lipinski definition) is 3. The maximum Gasteiger partial charge on any atom is 0.324 e. The Morgan fingerprint density at radius 1 is 1.35 bits per heavy atom. The first kappa shape index (κ1) is 12.8. The average Bonchev–Trinajstić information content (AvgIpc) is 2.33. The van der Waals surface area contributed by atoms with E-state index in [1.165, 1.54) is 0 Å². The van der Waals surface area contributed by atoms with Gasteiger partial charge in [-0.05, 0) is 18.3 Å². The van der Waals surface area contributed by atoms with Crippen molar-refractivity contribution in [3.05, 3.63) is 0 Å². The molecule has 1 saturated heterocycles. The molecule has 2 aliphatic rings. The lowest BCUT2D eigenvalue weighted by atomic mass is 9.67. The van der Waals surface area contributed by atoms with Gasteiger partial charge in [-0.15, -0.1) is 0 Å². The number of rotatable bonds is 2. The molecule has 0 radical (unpaired) electrons. The second-order valence-corrected chi connectivity index (χ2v) is 5.49. The van der Waals surface area contributed by atoms with E-state index in [2.05, 4.69) is 18.7 Å². The molecular formula is C13H23NO3. The average molecular weight is 241 g/mol. The van der Waals surface area contributed by atoms with Crippen LogP contribution in [-0.4, -0.2) is 47.8 Å². The molecule has 3 atom stereocenters. The molecule has 2 fully saturated rings. The van der Waals surface area contributed by atoms with E-state index in [0.29, 0.717) is 19.1 Å². The quantitative estimate of drug-likeness (QED) is 0.797. The van der Waals surface area contributed by atoms with E-state index in [-0.39, 0.29) is 5.92 Å². The molecule has 1 heterocycles. The Balaban J connectivity index is 2.26. The fraction of sp³-hybridized carbons (Fsp3) is 0.923. The van der Waals surface area contributed by atoms with Crippen molar-refractivity contribution in [1.82, 2.24) is 4.90 Å². The van der Waals surface area contributed by atoms with Crippen molar-refractivity contribution in [2.75, 3.05) is 26.3 Å². The number of carboxylic acids is 1. The van der Waals surface area contributed by atoms with Gasteiger partial charge in [0.05, 0.1) is 13.2 Å². The molecule has 0 amide bonds. The van der Waals surface area contributed by atoms with Crippen LogP contribution in [0.5, 0.6) is 0 Å². The molecule has 4 heteroatoms. The van der Waals surface area contributed by atoms with E-state index in [1.54, 1.807) is 0 Å². The van der Waals surface area contributed by atoms with Crippen LogP contribution in [0.1, 0.15) is 33.1 Å². The van der Waals surface area contributed by atoms with Gasteiger partial charge in [0, 0.05) is 13.1 Å². The summed E-state index contributed by atoms with van der Waals surface area (Å²) in [6.45, 7) is 7.12. The molecular weight excluding hydrogens is 218 g/mol. The molecule has 1 saturated carbocycles. The van der Waals surface area contributed by atoms with Crippen molar-refractivity contribution in [2.24, 2.45) is 11.8 Å². The first-order chi connectivity index (χ1) is 8.09. The molecule has 1 N–H and O–H groups in total. The van der Waals surface area contributed by atoms with Gasteiger partial charge in [-0.2, -0.15) is 0 Å². The number of ether oxygens (including phenoxy) is 1. The Morgan fingerprint density at radius 3 is 2.59 bits per heavy atom. The summed E-state index contributed by atoms with van der Waals surface area (Å²) in [6, 6.07) is 0. The molecule has 0 aromatic heterocycles. The molecule has 0 aromatic carbocycles. The van der Waals surface area contributed by atoms with E-state index < -0.39 is 11.5 Å². The van der Waals surface area contributed by atoms with Crippen molar-refractivity contribution < 1.29 is 14.6 Å². The molecule has 0 spiro atoms. The van der Waals surface area contributed by atoms with E-state index >= 15 is 0 Å². The van der Waals surface area contributed by atoms with Crippen LogP contribution in [0.25, 0.3) is 0 Å². The second kappa shape index (κ2) is 4.94. The minimum atomic E-state index is -0.651. The first-order valence-electron chi connectivity index (χ1n) is 6.65. The Hall–Kier alpha value is -0.610. The highest BCUT2D eigenvalue weighted by molar-refractivity contribution is 5.79. The predicted molar refractivity (Wildman–Crippen MR) is 64.9 cm³/mol. The Labute approximate surface area is 103 Å². The number of hydrogen-bond donors (Lipinski definition) is 1. The second-order valence-electron chi connectivity index (χ2n) is 5.49. The summed E-state index contributed by atoms with van der Waals surface area (Å²) in [5, 5.41) is 9.75. The highest BCUT2D eigenvalue weighted by Gasteiger charge is 2.51. The summed E-state index contributed by atoms with van der Waals surface area (Å²) in [5.41, 5.74) is -0.651. The lowest BCUT2D eigenvalue weighted by Gasteiger charge is -2.50. The van der Waals surface area contributed by atoms with Crippen molar-refractivity contribution in [1.29, 1.82) is 0 Å². The predicted octanol–water partition coefficient (Wildman–Crippen LogP) is 1.60. The fourth-order valence-electron chi connectivity index (χ4n) is 3.49. The van der Waals surface area contributed by atoms with Crippen LogP contribution in [-0.2, 0) is 9.53 Å². The fourth-order valence-corrected chi connectivity index (χ4v) is 3.49. The van der Waals surface area contributed by atoms with Crippen molar-refractivity contribution in [3.63, 3.8) is 0 Å². The summed E-state index contributed by atoms with van der Waals surface area (Å²) >= 11 is 0. The van der Waals surface area contributed by atoms with Gasteiger partial charge in [-0.1, -0.05) is 26.7 Å². The normalized spacial score (nSPS) is 40.1. The summed E-state index contributed by atoms with van der Waals surface area (Å²) in [6.07, 6.45) is 2.96. The Morgan fingerprint density at radius 2 is 2.00 bits per heavy atom. The van der Waals surface area contributed by atoms with Gasteiger partial charge in [0.1, 0.15) is 5.54 Å². The van der Waals surface area contributed by atoms with Crippen molar-refractivity contribution in [3.8, 4) is 0 Å². The lowest BCUT2D eigenvalue weighted by molar-refractivity contribution is -0.165. The maximum atomic E-state index is 11.8. The molecule has 1 aliphatic carbocycles. The monoisotopic (exact) mass is 241 g/mol. The van der Waals surface area contributed by atoms with Crippen molar-refractivity contribution in [2.45, 2.75) is 38.6 Å². The standard InChI is InChI=1S/C13H23NO3/c1-10-4-3-5-13(11(10)2,12(15)16)14-6-8-17-9-7-14/h10-11H,3-9H2,1-2H3,(H,15,16). The van der Waals surface area contributed by atoms with Crippen LogP contribution >= 0.6 is 0 Å². The minimum Gasteiger partial charge on any atom is -0.480 e. The summed E-state index contributed by atoms with van der Waals surface area (Å²) in [5.74, 6) is 0.0630.